The molecule has 3 rings (SSSR count). The quantitative estimate of drug-likeness (QED) is 0.686. The van der Waals surface area contributed by atoms with Gasteiger partial charge >= 0.3 is 0 Å². The van der Waals surface area contributed by atoms with Crippen molar-refractivity contribution in [2.24, 2.45) is 5.92 Å². The molecule has 0 aliphatic rings. The number of hydrogen-bond donors (Lipinski definition) is 2. The van der Waals surface area contributed by atoms with Crippen LogP contribution in [0.4, 0.5) is 15.8 Å². The van der Waals surface area contributed by atoms with Crippen molar-refractivity contribution in [3.63, 3.8) is 0 Å². The van der Waals surface area contributed by atoms with Crippen LogP contribution < -0.4 is 10.6 Å². The van der Waals surface area contributed by atoms with E-state index in [1.165, 1.54) is 16.8 Å². The van der Waals surface area contributed by atoms with Gasteiger partial charge in [-0.2, -0.15) is 0 Å². The smallest absolute Gasteiger partial charge is 0.278 e. The largest absolute Gasteiger partial charge is 0.326 e. The van der Waals surface area contributed by atoms with Crippen molar-refractivity contribution in [2.75, 3.05) is 10.6 Å². The molecule has 2 aromatic carbocycles. The van der Waals surface area contributed by atoms with Crippen LogP contribution in [0.5, 0.6) is 0 Å². The first-order valence-corrected chi connectivity index (χ1v) is 9.17. The first-order valence-electron chi connectivity index (χ1n) is 9.17. The van der Waals surface area contributed by atoms with Crippen LogP contribution >= 0.6 is 0 Å². The number of rotatable bonds is 5. The topological polar surface area (TPSA) is 88.9 Å². The molecule has 7 nitrogen and oxygen atoms in total. The second-order valence-corrected chi connectivity index (χ2v) is 7.04. The molecule has 1 heterocycles. The molecule has 0 saturated heterocycles. The third-order valence-corrected chi connectivity index (χ3v) is 4.46. The molecule has 0 atom stereocenters. The van der Waals surface area contributed by atoms with Gasteiger partial charge < -0.3 is 10.6 Å². The molecule has 3 aromatic rings. The van der Waals surface area contributed by atoms with Crippen molar-refractivity contribution in [1.29, 1.82) is 0 Å². The molecule has 0 saturated carbocycles. The van der Waals surface area contributed by atoms with E-state index in [4.69, 9.17) is 0 Å². The highest BCUT2D eigenvalue weighted by molar-refractivity contribution is 6.04. The fraction of sp³-hybridized carbons (Fsp3) is 0.238. The molecule has 150 valence electrons. The van der Waals surface area contributed by atoms with Crippen molar-refractivity contribution < 1.29 is 14.0 Å². The normalized spacial score (nSPS) is 10.8. The van der Waals surface area contributed by atoms with E-state index >= 15 is 0 Å². The second kappa shape index (κ2) is 8.22. The van der Waals surface area contributed by atoms with Gasteiger partial charge in [-0.25, -0.2) is 9.07 Å². The van der Waals surface area contributed by atoms with Gasteiger partial charge in [0, 0.05) is 17.3 Å². The summed E-state index contributed by atoms with van der Waals surface area (Å²) in [4.78, 5) is 24.7. The minimum absolute atomic E-state index is 0.107. The number of anilines is 2. The molecule has 0 unspecified atom stereocenters. The van der Waals surface area contributed by atoms with Crippen LogP contribution in [0.2, 0.25) is 0 Å². The van der Waals surface area contributed by atoms with Gasteiger partial charge in [0.25, 0.3) is 5.91 Å². The van der Waals surface area contributed by atoms with Crippen LogP contribution in [0.3, 0.4) is 0 Å². The Hall–Kier alpha value is -3.55. The second-order valence-electron chi connectivity index (χ2n) is 7.04. The molecule has 1 aromatic heterocycles. The molecule has 0 radical (unpaired) electrons. The van der Waals surface area contributed by atoms with Gasteiger partial charge in [0.2, 0.25) is 5.91 Å². The zero-order valence-corrected chi connectivity index (χ0v) is 16.7. The van der Waals surface area contributed by atoms with Crippen LogP contribution in [0.1, 0.15) is 35.6 Å². The highest BCUT2D eigenvalue weighted by atomic mass is 19.1. The monoisotopic (exact) mass is 395 g/mol. The van der Waals surface area contributed by atoms with E-state index in [0.29, 0.717) is 22.8 Å². The Morgan fingerprint density at radius 3 is 2.38 bits per heavy atom. The van der Waals surface area contributed by atoms with Gasteiger partial charge in [0.05, 0.1) is 11.4 Å². The van der Waals surface area contributed by atoms with Gasteiger partial charge in [-0.3, -0.25) is 9.59 Å². The summed E-state index contributed by atoms with van der Waals surface area (Å²) in [6.07, 6.45) is 0. The Balaban J connectivity index is 1.82. The molecule has 0 aliphatic heterocycles. The summed E-state index contributed by atoms with van der Waals surface area (Å²) in [6.45, 7) is 7.18. The molecule has 29 heavy (non-hydrogen) atoms. The number of aryl methyl sites for hydroxylation is 1. The van der Waals surface area contributed by atoms with Gasteiger partial charge in [0.15, 0.2) is 5.69 Å². The lowest BCUT2D eigenvalue weighted by molar-refractivity contribution is -0.118. The highest BCUT2D eigenvalue weighted by Gasteiger charge is 2.18. The van der Waals surface area contributed by atoms with E-state index in [1.54, 1.807) is 45.0 Å². The van der Waals surface area contributed by atoms with Crippen molar-refractivity contribution in [2.45, 2.75) is 27.7 Å². The number of carbonyl (C=O) groups excluding carboxylic acids is 2. The fourth-order valence-corrected chi connectivity index (χ4v) is 2.67. The lowest BCUT2D eigenvalue weighted by Gasteiger charge is -2.12. The first-order chi connectivity index (χ1) is 13.8. The predicted molar refractivity (Wildman–Crippen MR) is 109 cm³/mol. The predicted octanol–water partition coefficient (Wildman–Crippen LogP) is 3.87. The number of nitrogens with one attached hydrogen (secondary N) is 2. The average Bonchev–Trinajstić information content (AvgIpc) is 3.06. The molecule has 2 N–H and O–H groups in total. The summed E-state index contributed by atoms with van der Waals surface area (Å²) in [5.41, 5.74) is 3.28. The maximum absolute atomic E-state index is 13.1. The number of hydrogen-bond acceptors (Lipinski definition) is 4. The van der Waals surface area contributed by atoms with E-state index in [9.17, 15) is 14.0 Å². The van der Waals surface area contributed by atoms with Crippen molar-refractivity contribution in [3.05, 3.63) is 65.2 Å². The zero-order valence-electron chi connectivity index (χ0n) is 16.7. The highest BCUT2D eigenvalue weighted by Crippen LogP contribution is 2.22. The Morgan fingerprint density at radius 2 is 1.72 bits per heavy atom. The third-order valence-electron chi connectivity index (χ3n) is 4.46. The van der Waals surface area contributed by atoms with Gasteiger partial charge in [-0.05, 0) is 55.8 Å². The Morgan fingerprint density at radius 1 is 1.03 bits per heavy atom. The van der Waals surface area contributed by atoms with Gasteiger partial charge in [0.1, 0.15) is 5.82 Å². The number of nitrogens with zero attached hydrogens (tertiary/aromatic N) is 3. The zero-order chi connectivity index (χ0) is 21.1. The molecular formula is C21H22FN5O2. The standard InChI is InChI=1S/C21H22FN5O2/c1-12(2)20(28)23-16-8-5-13(3)18(11-16)24-21(29)19-14(4)27(26-25-19)17-9-6-15(22)7-10-17/h5-12H,1-4H3,(H,23,28)(H,24,29). The van der Waals surface area contributed by atoms with E-state index in [-0.39, 0.29) is 23.3 Å². The van der Waals surface area contributed by atoms with Gasteiger partial charge in [-0.1, -0.05) is 25.1 Å². The van der Waals surface area contributed by atoms with Crippen LogP contribution in [-0.4, -0.2) is 26.8 Å². The SMILES string of the molecule is Cc1ccc(NC(=O)C(C)C)cc1NC(=O)c1nnn(-c2ccc(F)cc2)c1C. The molecule has 0 fully saturated rings. The summed E-state index contributed by atoms with van der Waals surface area (Å²) >= 11 is 0. The Kier molecular flexibility index (Phi) is 5.72. The third kappa shape index (κ3) is 4.48. The number of benzene rings is 2. The maximum atomic E-state index is 13.1. The Bertz CT molecular complexity index is 1060. The molecular weight excluding hydrogens is 373 g/mol. The average molecular weight is 395 g/mol. The molecule has 2 amide bonds. The summed E-state index contributed by atoms with van der Waals surface area (Å²) in [5, 5.41) is 13.6. The maximum Gasteiger partial charge on any atom is 0.278 e. The minimum Gasteiger partial charge on any atom is -0.326 e. The number of aromatic nitrogens is 3. The lowest BCUT2D eigenvalue weighted by Crippen LogP contribution is -2.18. The van der Waals surface area contributed by atoms with E-state index < -0.39 is 5.91 Å². The molecule has 0 spiro atoms. The van der Waals surface area contributed by atoms with Crippen molar-refractivity contribution >= 4 is 23.2 Å². The summed E-state index contributed by atoms with van der Waals surface area (Å²) in [7, 11) is 0. The fourth-order valence-electron chi connectivity index (χ4n) is 2.67. The van der Waals surface area contributed by atoms with Crippen molar-refractivity contribution in [3.8, 4) is 5.69 Å². The van der Waals surface area contributed by atoms with Crippen LogP contribution in [-0.2, 0) is 4.79 Å². The summed E-state index contributed by atoms with van der Waals surface area (Å²) < 4.78 is 14.6. The number of carbonyl (C=O) groups is 2. The lowest BCUT2D eigenvalue weighted by atomic mass is 10.1. The summed E-state index contributed by atoms with van der Waals surface area (Å²) in [5.74, 6) is -1.04. The Labute approximate surface area is 167 Å². The van der Waals surface area contributed by atoms with Crippen LogP contribution in [0.15, 0.2) is 42.5 Å². The van der Waals surface area contributed by atoms with Crippen LogP contribution in [0.25, 0.3) is 5.69 Å². The van der Waals surface area contributed by atoms with Crippen molar-refractivity contribution in [1.82, 2.24) is 15.0 Å². The summed E-state index contributed by atoms with van der Waals surface area (Å²) in [6, 6.07) is 11.0. The van der Waals surface area contributed by atoms with E-state index in [2.05, 4.69) is 20.9 Å². The molecule has 8 heteroatoms. The van der Waals surface area contributed by atoms with E-state index in [1.807, 2.05) is 13.0 Å². The molecule has 0 aliphatic carbocycles. The number of halogens is 1. The van der Waals surface area contributed by atoms with Crippen LogP contribution in [0, 0.1) is 25.6 Å². The number of amides is 2. The first kappa shape index (κ1) is 20.2. The minimum atomic E-state index is -0.425. The molecule has 0 bridgehead atoms. The van der Waals surface area contributed by atoms with Gasteiger partial charge in [-0.15, -0.1) is 5.10 Å². The van der Waals surface area contributed by atoms with E-state index in [0.717, 1.165) is 5.56 Å².